The van der Waals surface area contributed by atoms with Crippen LogP contribution in [0, 0.1) is 5.92 Å². The molecule has 16 heavy (non-hydrogen) atoms. The van der Waals surface area contributed by atoms with Crippen molar-refractivity contribution in [2.24, 2.45) is 5.92 Å². The number of hydrogen-bond acceptors (Lipinski definition) is 2. The first kappa shape index (κ1) is 13.6. The molecule has 0 fully saturated rings. The van der Waals surface area contributed by atoms with E-state index < -0.39 is 0 Å². The highest BCUT2D eigenvalue weighted by Gasteiger charge is 2.17. The molecular weight excluding hydrogens is 222 g/mol. The SMILES string of the molecule is CCCNC(CC(C)CC)c1ccc(Cl)o1. The Bertz CT molecular complexity index is 298. The lowest BCUT2D eigenvalue weighted by Crippen LogP contribution is -2.23. The lowest BCUT2D eigenvalue weighted by Gasteiger charge is -2.19. The van der Waals surface area contributed by atoms with Crippen molar-refractivity contribution in [3.05, 3.63) is 23.1 Å². The quantitative estimate of drug-likeness (QED) is 0.768. The summed E-state index contributed by atoms with van der Waals surface area (Å²) in [5, 5.41) is 3.99. The fraction of sp³-hybridized carbons (Fsp3) is 0.692. The Kier molecular flexibility index (Phi) is 5.93. The summed E-state index contributed by atoms with van der Waals surface area (Å²) >= 11 is 5.81. The molecule has 3 heteroatoms. The largest absolute Gasteiger partial charge is 0.448 e. The fourth-order valence-corrected chi connectivity index (χ4v) is 1.86. The predicted molar refractivity (Wildman–Crippen MR) is 68.8 cm³/mol. The molecule has 1 N–H and O–H groups in total. The minimum atomic E-state index is 0.294. The van der Waals surface area contributed by atoms with E-state index in [0.29, 0.717) is 17.2 Å². The third-order valence-corrected chi connectivity index (χ3v) is 3.12. The van der Waals surface area contributed by atoms with Gasteiger partial charge in [0, 0.05) is 0 Å². The Labute approximate surface area is 103 Å². The maximum atomic E-state index is 5.81. The Balaban J connectivity index is 2.62. The molecule has 0 aliphatic rings. The minimum Gasteiger partial charge on any atom is -0.448 e. The van der Waals surface area contributed by atoms with Gasteiger partial charge in [0.1, 0.15) is 5.76 Å². The lowest BCUT2D eigenvalue weighted by molar-refractivity contribution is 0.347. The second-order valence-corrected chi connectivity index (χ2v) is 4.77. The van der Waals surface area contributed by atoms with E-state index in [1.54, 1.807) is 0 Å². The minimum absolute atomic E-state index is 0.294. The summed E-state index contributed by atoms with van der Waals surface area (Å²) in [6.07, 6.45) is 3.42. The van der Waals surface area contributed by atoms with Crippen LogP contribution in [0.15, 0.2) is 16.5 Å². The molecule has 0 amide bonds. The summed E-state index contributed by atoms with van der Waals surface area (Å²) < 4.78 is 5.49. The molecule has 2 atom stereocenters. The first-order chi connectivity index (χ1) is 7.67. The molecule has 2 unspecified atom stereocenters. The average molecular weight is 244 g/mol. The van der Waals surface area contributed by atoms with Gasteiger partial charge in [-0.2, -0.15) is 0 Å². The highest BCUT2D eigenvalue weighted by molar-refractivity contribution is 6.28. The highest BCUT2D eigenvalue weighted by Crippen LogP contribution is 2.26. The lowest BCUT2D eigenvalue weighted by atomic mass is 9.98. The zero-order valence-corrected chi connectivity index (χ0v) is 11.2. The topological polar surface area (TPSA) is 25.2 Å². The normalized spacial score (nSPS) is 15.0. The number of furan rings is 1. The molecule has 0 spiro atoms. The molecule has 92 valence electrons. The fourth-order valence-electron chi connectivity index (χ4n) is 1.70. The summed E-state index contributed by atoms with van der Waals surface area (Å²) in [6, 6.07) is 4.08. The van der Waals surface area contributed by atoms with Crippen molar-refractivity contribution in [2.75, 3.05) is 6.54 Å². The Hall–Kier alpha value is -0.470. The number of hydrogen-bond donors (Lipinski definition) is 1. The number of nitrogens with one attached hydrogen (secondary N) is 1. The molecule has 1 rings (SSSR count). The molecule has 0 saturated carbocycles. The molecule has 0 aliphatic carbocycles. The van der Waals surface area contributed by atoms with Gasteiger partial charge in [-0.05, 0) is 49.0 Å². The average Bonchev–Trinajstić information content (AvgIpc) is 2.70. The Morgan fingerprint density at radius 2 is 2.12 bits per heavy atom. The van der Waals surface area contributed by atoms with E-state index in [4.69, 9.17) is 16.0 Å². The van der Waals surface area contributed by atoms with Gasteiger partial charge in [-0.1, -0.05) is 27.2 Å². The van der Waals surface area contributed by atoms with E-state index in [-0.39, 0.29) is 0 Å². The van der Waals surface area contributed by atoms with Crippen molar-refractivity contribution in [3.8, 4) is 0 Å². The molecule has 0 aromatic carbocycles. The van der Waals surface area contributed by atoms with Crippen molar-refractivity contribution in [2.45, 2.75) is 46.1 Å². The van der Waals surface area contributed by atoms with Gasteiger partial charge in [-0.3, -0.25) is 0 Å². The highest BCUT2D eigenvalue weighted by atomic mass is 35.5. The molecular formula is C13H22ClNO. The first-order valence-electron chi connectivity index (χ1n) is 6.16. The molecule has 0 saturated heterocycles. The number of rotatable bonds is 7. The van der Waals surface area contributed by atoms with Gasteiger partial charge in [0.15, 0.2) is 5.22 Å². The first-order valence-corrected chi connectivity index (χ1v) is 6.53. The third-order valence-electron chi connectivity index (χ3n) is 2.91. The van der Waals surface area contributed by atoms with E-state index in [9.17, 15) is 0 Å². The maximum absolute atomic E-state index is 5.81. The van der Waals surface area contributed by atoms with Crippen molar-refractivity contribution in [3.63, 3.8) is 0 Å². The van der Waals surface area contributed by atoms with Crippen molar-refractivity contribution in [1.29, 1.82) is 0 Å². The summed E-state index contributed by atoms with van der Waals surface area (Å²) in [7, 11) is 0. The van der Waals surface area contributed by atoms with E-state index >= 15 is 0 Å². The van der Waals surface area contributed by atoms with E-state index in [1.807, 2.05) is 12.1 Å². The molecule has 1 aromatic rings. The second kappa shape index (κ2) is 6.97. The summed E-state index contributed by atoms with van der Waals surface area (Å²) in [5.41, 5.74) is 0. The van der Waals surface area contributed by atoms with Crippen LogP contribution in [-0.2, 0) is 0 Å². The molecule has 1 aromatic heterocycles. The second-order valence-electron chi connectivity index (χ2n) is 4.40. The van der Waals surface area contributed by atoms with Gasteiger partial charge in [-0.15, -0.1) is 0 Å². The maximum Gasteiger partial charge on any atom is 0.193 e. The van der Waals surface area contributed by atoms with Crippen LogP contribution < -0.4 is 5.32 Å². The van der Waals surface area contributed by atoms with Crippen LogP contribution in [0.1, 0.15) is 51.8 Å². The Morgan fingerprint density at radius 1 is 1.38 bits per heavy atom. The van der Waals surface area contributed by atoms with Crippen molar-refractivity contribution >= 4 is 11.6 Å². The van der Waals surface area contributed by atoms with Crippen molar-refractivity contribution in [1.82, 2.24) is 5.32 Å². The molecule has 0 bridgehead atoms. The van der Waals surface area contributed by atoms with E-state index in [2.05, 4.69) is 26.1 Å². The van der Waals surface area contributed by atoms with Gasteiger partial charge in [-0.25, -0.2) is 0 Å². The third kappa shape index (κ3) is 4.18. The standard InChI is InChI=1S/C13H22ClNO/c1-4-8-15-11(9-10(3)5-2)12-6-7-13(14)16-12/h6-7,10-11,15H,4-5,8-9H2,1-3H3. The molecule has 0 aliphatic heterocycles. The van der Waals surface area contributed by atoms with E-state index in [0.717, 1.165) is 25.1 Å². The van der Waals surface area contributed by atoms with Crippen molar-refractivity contribution < 1.29 is 4.42 Å². The van der Waals surface area contributed by atoms with Crippen LogP contribution >= 0.6 is 11.6 Å². The van der Waals surface area contributed by atoms with Gasteiger partial charge >= 0.3 is 0 Å². The monoisotopic (exact) mass is 243 g/mol. The van der Waals surface area contributed by atoms with E-state index in [1.165, 1.54) is 6.42 Å². The smallest absolute Gasteiger partial charge is 0.193 e. The molecule has 1 heterocycles. The Morgan fingerprint density at radius 3 is 2.62 bits per heavy atom. The summed E-state index contributed by atoms with van der Waals surface area (Å²) in [6.45, 7) is 7.67. The van der Waals surface area contributed by atoms with Crippen LogP contribution in [0.2, 0.25) is 5.22 Å². The van der Waals surface area contributed by atoms with Crippen LogP contribution in [-0.4, -0.2) is 6.54 Å². The van der Waals surface area contributed by atoms with Crippen LogP contribution in [0.4, 0.5) is 0 Å². The van der Waals surface area contributed by atoms with Gasteiger partial charge in [0.05, 0.1) is 6.04 Å². The molecule has 2 nitrogen and oxygen atoms in total. The van der Waals surface area contributed by atoms with Crippen LogP contribution in [0.5, 0.6) is 0 Å². The number of halogens is 1. The van der Waals surface area contributed by atoms with Crippen LogP contribution in [0.3, 0.4) is 0 Å². The molecule has 0 radical (unpaired) electrons. The van der Waals surface area contributed by atoms with Gasteiger partial charge in [0.2, 0.25) is 0 Å². The van der Waals surface area contributed by atoms with Gasteiger partial charge < -0.3 is 9.73 Å². The summed E-state index contributed by atoms with van der Waals surface area (Å²) in [4.78, 5) is 0. The predicted octanol–water partition coefficient (Wildman–Crippen LogP) is 4.41. The van der Waals surface area contributed by atoms with Gasteiger partial charge in [0.25, 0.3) is 0 Å². The van der Waals surface area contributed by atoms with Crippen LogP contribution in [0.25, 0.3) is 0 Å². The zero-order valence-electron chi connectivity index (χ0n) is 10.4. The zero-order chi connectivity index (χ0) is 12.0. The summed E-state index contributed by atoms with van der Waals surface area (Å²) in [5.74, 6) is 1.65.